The van der Waals surface area contributed by atoms with Gasteiger partial charge in [-0.1, -0.05) is 11.6 Å². The molecule has 1 aromatic carbocycles. The van der Waals surface area contributed by atoms with E-state index in [4.69, 9.17) is 32.0 Å². The fourth-order valence-electron chi connectivity index (χ4n) is 5.21. The Bertz CT molecular complexity index is 1350. The van der Waals surface area contributed by atoms with Crippen LogP contribution in [0.1, 0.15) is 25.5 Å². The normalized spacial score (nSPS) is 20.5. The summed E-state index contributed by atoms with van der Waals surface area (Å²) in [5.41, 5.74) is 11.1. The van der Waals surface area contributed by atoms with E-state index in [0.717, 1.165) is 72.6 Å². The first-order chi connectivity index (χ1) is 16.0. The molecule has 10 heteroatoms. The molecule has 2 saturated heterocycles. The van der Waals surface area contributed by atoms with Crippen molar-refractivity contribution in [2.24, 2.45) is 11.1 Å². The summed E-state index contributed by atoms with van der Waals surface area (Å²) < 4.78 is 7.54. The highest BCUT2D eigenvalue weighted by molar-refractivity contribution is 6.38. The molecule has 2 fully saturated rings. The Balaban J connectivity index is 1.34. The van der Waals surface area contributed by atoms with Crippen LogP contribution in [0.2, 0.25) is 5.02 Å². The molecular formula is C23H27ClN8O. The number of ether oxygens (including phenoxy) is 1. The lowest BCUT2D eigenvalue weighted by molar-refractivity contribution is 0.131. The summed E-state index contributed by atoms with van der Waals surface area (Å²) in [6, 6.07) is 4.05. The third kappa shape index (κ3) is 3.21. The standard InChI is InChI=1S/C23H27ClN8O/c1-3-32-10-15-16(30-32)5-4-14(18(15)24)19-20-21(29-28-19)27-22(13(2)26-20)31-8-6-23(7-9-31)12-33-11-17(23)25/h4-5,10,17H,3,6-9,11-12,25H2,1-2H3,(H,27,28,29)/t17-/m1/s1. The number of nitrogens with zero attached hydrogens (tertiary/aromatic N) is 6. The van der Waals surface area contributed by atoms with Gasteiger partial charge < -0.3 is 15.4 Å². The number of nitrogens with one attached hydrogen (secondary N) is 1. The summed E-state index contributed by atoms with van der Waals surface area (Å²) in [6.07, 6.45) is 3.97. The Hall–Kier alpha value is -2.75. The molecule has 0 aliphatic carbocycles. The smallest absolute Gasteiger partial charge is 0.177 e. The zero-order valence-electron chi connectivity index (χ0n) is 18.8. The van der Waals surface area contributed by atoms with Gasteiger partial charge in [0.05, 0.1) is 29.4 Å². The van der Waals surface area contributed by atoms with Crippen molar-refractivity contribution in [1.29, 1.82) is 0 Å². The highest BCUT2D eigenvalue weighted by Gasteiger charge is 2.44. The Labute approximate surface area is 196 Å². The molecular weight excluding hydrogens is 440 g/mol. The van der Waals surface area contributed by atoms with E-state index in [1.165, 1.54) is 0 Å². The number of hydrogen-bond donors (Lipinski definition) is 2. The topological polar surface area (TPSA) is 111 Å². The molecule has 1 atom stereocenters. The molecule has 172 valence electrons. The SMILES string of the molecule is CCn1cc2c(Cl)c(-c3n[nH]c4nc(N5CCC6(CC5)COC[C@H]6N)c(C)nc34)ccc2n1. The lowest BCUT2D eigenvalue weighted by atomic mass is 9.75. The summed E-state index contributed by atoms with van der Waals surface area (Å²) in [5.74, 6) is 0.894. The van der Waals surface area contributed by atoms with Crippen molar-refractivity contribution in [3.05, 3.63) is 29.0 Å². The monoisotopic (exact) mass is 466 g/mol. The van der Waals surface area contributed by atoms with Gasteiger partial charge in [-0.15, -0.1) is 0 Å². The molecule has 0 saturated carbocycles. The summed E-state index contributed by atoms with van der Waals surface area (Å²) in [5, 5.41) is 13.7. The second kappa shape index (κ2) is 7.65. The van der Waals surface area contributed by atoms with Crippen LogP contribution in [0.25, 0.3) is 33.3 Å². The average Bonchev–Trinajstić information content (AvgIpc) is 3.52. The zero-order valence-corrected chi connectivity index (χ0v) is 19.6. The second-order valence-electron chi connectivity index (χ2n) is 9.22. The van der Waals surface area contributed by atoms with Crippen LogP contribution >= 0.6 is 11.6 Å². The number of aryl methyl sites for hydroxylation is 2. The van der Waals surface area contributed by atoms with Gasteiger partial charge in [-0.2, -0.15) is 10.2 Å². The van der Waals surface area contributed by atoms with E-state index < -0.39 is 0 Å². The third-order valence-corrected chi connectivity index (χ3v) is 7.73. The van der Waals surface area contributed by atoms with Gasteiger partial charge in [0.1, 0.15) is 11.2 Å². The number of benzene rings is 1. The largest absolute Gasteiger partial charge is 0.379 e. The lowest BCUT2D eigenvalue weighted by Gasteiger charge is -2.41. The van der Waals surface area contributed by atoms with Crippen molar-refractivity contribution in [2.75, 3.05) is 31.2 Å². The average molecular weight is 467 g/mol. The van der Waals surface area contributed by atoms with Crippen LogP contribution in [-0.4, -0.2) is 62.3 Å². The number of anilines is 1. The molecule has 9 nitrogen and oxygen atoms in total. The van der Waals surface area contributed by atoms with Crippen molar-refractivity contribution >= 4 is 39.5 Å². The molecule has 6 rings (SSSR count). The van der Waals surface area contributed by atoms with E-state index in [-0.39, 0.29) is 11.5 Å². The molecule has 3 aromatic heterocycles. The van der Waals surface area contributed by atoms with Crippen LogP contribution in [-0.2, 0) is 11.3 Å². The molecule has 0 unspecified atom stereocenters. The van der Waals surface area contributed by atoms with Gasteiger partial charge >= 0.3 is 0 Å². The van der Waals surface area contributed by atoms with Crippen molar-refractivity contribution in [3.8, 4) is 11.3 Å². The van der Waals surface area contributed by atoms with Gasteiger partial charge in [-0.25, -0.2) is 9.97 Å². The van der Waals surface area contributed by atoms with Crippen LogP contribution < -0.4 is 10.6 Å². The molecule has 0 radical (unpaired) electrons. The first-order valence-electron chi connectivity index (χ1n) is 11.5. The molecule has 5 heterocycles. The first kappa shape index (κ1) is 20.8. The summed E-state index contributed by atoms with van der Waals surface area (Å²) >= 11 is 6.78. The highest BCUT2D eigenvalue weighted by Crippen LogP contribution is 2.40. The Morgan fingerprint density at radius 2 is 2.09 bits per heavy atom. The highest BCUT2D eigenvalue weighted by atomic mass is 35.5. The maximum absolute atomic E-state index is 6.78. The Morgan fingerprint density at radius 1 is 1.27 bits per heavy atom. The van der Waals surface area contributed by atoms with Gasteiger partial charge in [0.25, 0.3) is 0 Å². The fourth-order valence-corrected chi connectivity index (χ4v) is 5.51. The number of H-pyrrole nitrogens is 1. The number of halogens is 1. The maximum Gasteiger partial charge on any atom is 0.177 e. The van der Waals surface area contributed by atoms with E-state index in [2.05, 4.69) is 27.1 Å². The predicted octanol–water partition coefficient (Wildman–Crippen LogP) is 3.30. The van der Waals surface area contributed by atoms with Gasteiger partial charge in [-0.05, 0) is 38.8 Å². The Kier molecular flexibility index (Phi) is 4.83. The van der Waals surface area contributed by atoms with Gasteiger partial charge in [-0.3, -0.25) is 9.78 Å². The number of aromatic amines is 1. The van der Waals surface area contributed by atoms with Crippen LogP contribution in [0.5, 0.6) is 0 Å². The quantitative estimate of drug-likeness (QED) is 0.476. The van der Waals surface area contributed by atoms with Crippen molar-refractivity contribution < 1.29 is 4.74 Å². The van der Waals surface area contributed by atoms with Crippen LogP contribution in [0.15, 0.2) is 18.3 Å². The van der Waals surface area contributed by atoms with Gasteiger partial charge in [0, 0.05) is 48.2 Å². The third-order valence-electron chi connectivity index (χ3n) is 7.33. The fraction of sp³-hybridized carbons (Fsp3) is 0.478. The van der Waals surface area contributed by atoms with Crippen molar-refractivity contribution in [3.63, 3.8) is 0 Å². The van der Waals surface area contributed by atoms with E-state index >= 15 is 0 Å². The van der Waals surface area contributed by atoms with Crippen LogP contribution in [0, 0.1) is 12.3 Å². The lowest BCUT2D eigenvalue weighted by Crippen LogP contribution is -2.49. The molecule has 0 bridgehead atoms. The number of nitrogens with two attached hydrogens (primary N) is 1. The minimum atomic E-state index is 0.101. The number of fused-ring (bicyclic) bond motifs is 2. The van der Waals surface area contributed by atoms with Crippen molar-refractivity contribution in [2.45, 2.75) is 39.3 Å². The minimum Gasteiger partial charge on any atom is -0.379 e. The van der Waals surface area contributed by atoms with Crippen LogP contribution in [0.3, 0.4) is 0 Å². The molecule has 0 amide bonds. The predicted molar refractivity (Wildman–Crippen MR) is 129 cm³/mol. The zero-order chi connectivity index (χ0) is 22.7. The molecule has 2 aliphatic rings. The van der Waals surface area contributed by atoms with E-state index in [1.54, 1.807) is 0 Å². The van der Waals surface area contributed by atoms with E-state index in [1.807, 2.05) is 29.9 Å². The number of rotatable bonds is 3. The summed E-state index contributed by atoms with van der Waals surface area (Å²) in [6.45, 7) is 8.05. The molecule has 2 aliphatic heterocycles. The molecule has 1 spiro atoms. The summed E-state index contributed by atoms with van der Waals surface area (Å²) in [4.78, 5) is 12.1. The molecule has 4 aromatic rings. The first-order valence-corrected chi connectivity index (χ1v) is 11.8. The minimum absolute atomic E-state index is 0.101. The van der Waals surface area contributed by atoms with E-state index in [0.29, 0.717) is 23.0 Å². The molecule has 3 N–H and O–H groups in total. The number of piperidine rings is 1. The number of hydrogen-bond acceptors (Lipinski definition) is 7. The van der Waals surface area contributed by atoms with E-state index in [9.17, 15) is 0 Å². The summed E-state index contributed by atoms with van der Waals surface area (Å²) in [7, 11) is 0. The second-order valence-corrected chi connectivity index (χ2v) is 9.60. The maximum atomic E-state index is 6.78. The van der Waals surface area contributed by atoms with Gasteiger partial charge in [0.2, 0.25) is 0 Å². The van der Waals surface area contributed by atoms with Gasteiger partial charge in [0.15, 0.2) is 11.5 Å². The molecule has 33 heavy (non-hydrogen) atoms. The Morgan fingerprint density at radius 3 is 2.82 bits per heavy atom. The number of aromatic nitrogens is 6. The van der Waals surface area contributed by atoms with Crippen LogP contribution in [0.4, 0.5) is 5.82 Å². The van der Waals surface area contributed by atoms with Crippen molar-refractivity contribution in [1.82, 2.24) is 29.9 Å².